The van der Waals surface area contributed by atoms with Crippen LogP contribution in [0.25, 0.3) is 0 Å². The second kappa shape index (κ2) is 6.61. The molecule has 1 heterocycles. The van der Waals surface area contributed by atoms with Gasteiger partial charge in [-0.15, -0.1) is 0 Å². The molecule has 0 spiro atoms. The van der Waals surface area contributed by atoms with E-state index in [4.69, 9.17) is 0 Å². The molecule has 5 heteroatoms. The first-order chi connectivity index (χ1) is 9.99. The molecule has 2 amide bonds. The summed E-state index contributed by atoms with van der Waals surface area (Å²) in [6, 6.07) is 6.55. The van der Waals surface area contributed by atoms with Gasteiger partial charge in [-0.3, -0.25) is 9.59 Å². The average molecular weight is 290 g/mol. The van der Waals surface area contributed by atoms with Crippen LogP contribution in [0.3, 0.4) is 0 Å². The highest BCUT2D eigenvalue weighted by atomic mass is 16.3. The fraction of sp³-hybridized carbons (Fsp3) is 0.500. The lowest BCUT2D eigenvalue weighted by Crippen LogP contribution is -2.47. The maximum Gasteiger partial charge on any atom is 0.255 e. The molecular weight excluding hydrogens is 268 g/mol. The van der Waals surface area contributed by atoms with E-state index in [2.05, 4.69) is 5.32 Å². The molecule has 0 aliphatic carbocycles. The molecule has 1 aliphatic heterocycles. The van der Waals surface area contributed by atoms with Gasteiger partial charge in [-0.05, 0) is 25.0 Å². The molecule has 0 saturated carbocycles. The number of hydrogen-bond donors (Lipinski definition) is 2. The third-order valence-electron chi connectivity index (χ3n) is 3.78. The van der Waals surface area contributed by atoms with Crippen molar-refractivity contribution in [1.82, 2.24) is 10.2 Å². The molecule has 114 valence electrons. The van der Waals surface area contributed by atoms with Crippen LogP contribution in [0.15, 0.2) is 24.3 Å². The smallest absolute Gasteiger partial charge is 0.255 e. The van der Waals surface area contributed by atoms with Gasteiger partial charge in [0.25, 0.3) is 5.91 Å². The van der Waals surface area contributed by atoms with Gasteiger partial charge in [-0.25, -0.2) is 0 Å². The molecule has 2 N–H and O–H groups in total. The molecule has 0 aromatic heterocycles. The van der Waals surface area contributed by atoms with Gasteiger partial charge in [0.1, 0.15) is 5.75 Å². The van der Waals surface area contributed by atoms with E-state index in [1.165, 1.54) is 6.07 Å². The van der Waals surface area contributed by atoms with Crippen LogP contribution in [0.1, 0.15) is 37.0 Å². The molecule has 1 saturated heterocycles. The molecule has 0 radical (unpaired) electrons. The highest BCUT2D eigenvalue weighted by Gasteiger charge is 2.25. The van der Waals surface area contributed by atoms with Gasteiger partial charge in [0.2, 0.25) is 5.91 Å². The number of para-hydroxylation sites is 1. The van der Waals surface area contributed by atoms with E-state index < -0.39 is 0 Å². The Morgan fingerprint density at radius 3 is 2.43 bits per heavy atom. The number of benzene rings is 1. The molecule has 5 nitrogen and oxygen atoms in total. The Bertz CT molecular complexity index is 520. The van der Waals surface area contributed by atoms with Crippen LogP contribution in [-0.4, -0.2) is 41.0 Å². The quantitative estimate of drug-likeness (QED) is 0.891. The Kier molecular flexibility index (Phi) is 4.83. The third kappa shape index (κ3) is 3.74. The zero-order valence-corrected chi connectivity index (χ0v) is 12.5. The number of amides is 2. The van der Waals surface area contributed by atoms with Crippen LogP contribution in [0, 0.1) is 5.92 Å². The fourth-order valence-electron chi connectivity index (χ4n) is 2.54. The van der Waals surface area contributed by atoms with Crippen LogP contribution in [0.5, 0.6) is 5.75 Å². The van der Waals surface area contributed by atoms with E-state index in [-0.39, 0.29) is 35.1 Å². The van der Waals surface area contributed by atoms with Crippen LogP contribution >= 0.6 is 0 Å². The second-order valence-corrected chi connectivity index (χ2v) is 5.74. The van der Waals surface area contributed by atoms with Crippen molar-refractivity contribution in [1.29, 1.82) is 0 Å². The molecule has 2 rings (SSSR count). The Balaban J connectivity index is 1.88. The summed E-state index contributed by atoms with van der Waals surface area (Å²) < 4.78 is 0. The van der Waals surface area contributed by atoms with Crippen molar-refractivity contribution in [2.45, 2.75) is 32.7 Å². The molecule has 0 atom stereocenters. The largest absolute Gasteiger partial charge is 0.507 e. The Morgan fingerprint density at radius 2 is 1.86 bits per heavy atom. The van der Waals surface area contributed by atoms with Gasteiger partial charge in [0.15, 0.2) is 0 Å². The maximum absolute atomic E-state index is 12.1. The summed E-state index contributed by atoms with van der Waals surface area (Å²) in [6.07, 6.45) is 1.50. The number of carbonyl (C=O) groups excluding carboxylic acids is 2. The van der Waals surface area contributed by atoms with Crippen LogP contribution in [0.2, 0.25) is 0 Å². The van der Waals surface area contributed by atoms with Crippen LogP contribution < -0.4 is 5.32 Å². The average Bonchev–Trinajstić information content (AvgIpc) is 2.47. The van der Waals surface area contributed by atoms with E-state index in [1.54, 1.807) is 18.2 Å². The van der Waals surface area contributed by atoms with Gasteiger partial charge in [-0.1, -0.05) is 26.0 Å². The number of phenolic OH excluding ortho intramolecular Hbond substituents is 1. The summed E-state index contributed by atoms with van der Waals surface area (Å²) in [5, 5.41) is 12.6. The van der Waals surface area contributed by atoms with Crippen LogP contribution in [-0.2, 0) is 4.79 Å². The summed E-state index contributed by atoms with van der Waals surface area (Å²) >= 11 is 0. The topological polar surface area (TPSA) is 69.6 Å². The minimum atomic E-state index is -0.262. The monoisotopic (exact) mass is 290 g/mol. The number of phenols is 1. The predicted molar refractivity (Wildman–Crippen MR) is 80.0 cm³/mol. The van der Waals surface area contributed by atoms with Gasteiger partial charge in [-0.2, -0.15) is 0 Å². The van der Waals surface area contributed by atoms with Crippen molar-refractivity contribution < 1.29 is 14.7 Å². The fourth-order valence-corrected chi connectivity index (χ4v) is 2.54. The molecule has 0 bridgehead atoms. The SMILES string of the molecule is CC(C)C(=O)N1CCC(NC(=O)c2ccccc2O)CC1. The molecule has 1 aromatic rings. The van der Waals surface area contributed by atoms with E-state index in [9.17, 15) is 14.7 Å². The number of hydrogen-bond acceptors (Lipinski definition) is 3. The summed E-state index contributed by atoms with van der Waals surface area (Å²) in [6.45, 7) is 5.13. The van der Waals surface area contributed by atoms with Crippen molar-refractivity contribution >= 4 is 11.8 Å². The summed E-state index contributed by atoms with van der Waals surface area (Å²) in [5.74, 6) is -0.0953. The lowest BCUT2D eigenvalue weighted by molar-refractivity contribution is -0.135. The molecule has 0 unspecified atom stereocenters. The Hall–Kier alpha value is -2.04. The zero-order valence-electron chi connectivity index (χ0n) is 12.5. The van der Waals surface area contributed by atoms with Crippen molar-refractivity contribution in [3.05, 3.63) is 29.8 Å². The lowest BCUT2D eigenvalue weighted by atomic mass is 10.0. The maximum atomic E-state index is 12.1. The van der Waals surface area contributed by atoms with Crippen molar-refractivity contribution in [2.75, 3.05) is 13.1 Å². The first kappa shape index (κ1) is 15.4. The van der Waals surface area contributed by atoms with E-state index in [0.717, 1.165) is 12.8 Å². The van der Waals surface area contributed by atoms with Gasteiger partial charge >= 0.3 is 0 Å². The Morgan fingerprint density at radius 1 is 1.24 bits per heavy atom. The number of nitrogens with one attached hydrogen (secondary N) is 1. The predicted octanol–water partition coefficient (Wildman–Crippen LogP) is 1.77. The number of carbonyl (C=O) groups is 2. The standard InChI is InChI=1S/C16H22N2O3/c1-11(2)16(21)18-9-7-12(8-10-18)17-15(20)13-5-3-4-6-14(13)19/h3-6,11-12,19H,7-10H2,1-2H3,(H,17,20). The third-order valence-corrected chi connectivity index (χ3v) is 3.78. The highest BCUT2D eigenvalue weighted by molar-refractivity contribution is 5.96. The Labute approximate surface area is 125 Å². The molecule has 1 aromatic carbocycles. The van der Waals surface area contributed by atoms with Crippen molar-refractivity contribution in [2.24, 2.45) is 5.92 Å². The number of aromatic hydroxyl groups is 1. The summed E-state index contributed by atoms with van der Waals surface area (Å²) in [4.78, 5) is 25.9. The van der Waals surface area contributed by atoms with E-state index in [1.807, 2.05) is 18.7 Å². The first-order valence-corrected chi connectivity index (χ1v) is 7.36. The van der Waals surface area contributed by atoms with Gasteiger partial charge in [0, 0.05) is 25.0 Å². The van der Waals surface area contributed by atoms with Crippen molar-refractivity contribution in [3.63, 3.8) is 0 Å². The minimum Gasteiger partial charge on any atom is -0.507 e. The number of likely N-dealkylation sites (tertiary alicyclic amines) is 1. The summed E-state index contributed by atoms with van der Waals surface area (Å²) in [5.41, 5.74) is 0.290. The molecule has 1 fully saturated rings. The zero-order chi connectivity index (χ0) is 15.4. The second-order valence-electron chi connectivity index (χ2n) is 5.74. The minimum absolute atomic E-state index is 0.0115. The highest BCUT2D eigenvalue weighted by Crippen LogP contribution is 2.17. The molecule has 1 aliphatic rings. The lowest BCUT2D eigenvalue weighted by Gasteiger charge is -2.33. The normalized spacial score (nSPS) is 16.0. The molecule has 21 heavy (non-hydrogen) atoms. The van der Waals surface area contributed by atoms with Gasteiger partial charge < -0.3 is 15.3 Å². The number of rotatable bonds is 3. The molecular formula is C16H22N2O3. The number of piperidine rings is 1. The van der Waals surface area contributed by atoms with Gasteiger partial charge in [0.05, 0.1) is 5.56 Å². The van der Waals surface area contributed by atoms with Crippen molar-refractivity contribution in [3.8, 4) is 5.75 Å². The van der Waals surface area contributed by atoms with E-state index >= 15 is 0 Å². The van der Waals surface area contributed by atoms with E-state index in [0.29, 0.717) is 13.1 Å². The summed E-state index contributed by atoms with van der Waals surface area (Å²) in [7, 11) is 0. The van der Waals surface area contributed by atoms with Crippen LogP contribution in [0.4, 0.5) is 0 Å². The number of nitrogens with zero attached hydrogens (tertiary/aromatic N) is 1. The first-order valence-electron chi connectivity index (χ1n) is 7.36.